The van der Waals surface area contributed by atoms with Crippen LogP contribution < -0.4 is 5.32 Å². The van der Waals surface area contributed by atoms with Gasteiger partial charge in [0.15, 0.2) is 0 Å². The van der Waals surface area contributed by atoms with Gasteiger partial charge in [-0.05, 0) is 49.9 Å². The molecule has 3 heterocycles. The van der Waals surface area contributed by atoms with Crippen LogP contribution >= 0.6 is 0 Å². The first-order valence-electron chi connectivity index (χ1n) is 9.88. The lowest BCUT2D eigenvalue weighted by molar-refractivity contribution is 0.0822. The first-order valence-corrected chi connectivity index (χ1v) is 11.3. The number of carbonyl (C=O) groups excluding carboxylic acids is 1. The van der Waals surface area contributed by atoms with Gasteiger partial charge >= 0.3 is 11.8 Å². The molecule has 9 nitrogen and oxygen atoms in total. The average Bonchev–Trinajstić information content (AvgIpc) is 3.45. The van der Waals surface area contributed by atoms with Crippen molar-refractivity contribution in [2.75, 3.05) is 26.2 Å². The number of piperidine rings is 1. The maximum atomic E-state index is 12.7. The van der Waals surface area contributed by atoms with Crippen molar-refractivity contribution in [1.29, 1.82) is 0 Å². The molecule has 1 amide bonds. The van der Waals surface area contributed by atoms with Crippen LogP contribution in [0.4, 0.5) is 0 Å². The summed E-state index contributed by atoms with van der Waals surface area (Å²) in [6, 6.07) is 6.31. The van der Waals surface area contributed by atoms with Crippen LogP contribution in [0.15, 0.2) is 33.7 Å². The third-order valence-corrected chi connectivity index (χ3v) is 7.11. The summed E-state index contributed by atoms with van der Waals surface area (Å²) in [5.41, 5.74) is 0.574. The molecule has 0 spiro atoms. The second-order valence-electron chi connectivity index (χ2n) is 7.26. The molecule has 4 rings (SSSR count). The summed E-state index contributed by atoms with van der Waals surface area (Å²) < 4.78 is 37.5. The molecule has 1 atom stereocenters. The van der Waals surface area contributed by atoms with Gasteiger partial charge in [0.2, 0.25) is 15.8 Å². The summed E-state index contributed by atoms with van der Waals surface area (Å²) in [5, 5.41) is 6.56. The van der Waals surface area contributed by atoms with Gasteiger partial charge < -0.3 is 14.6 Å². The molecule has 29 heavy (non-hydrogen) atoms. The maximum absolute atomic E-state index is 12.7. The summed E-state index contributed by atoms with van der Waals surface area (Å²) in [5.74, 6) is -0.360. The van der Waals surface area contributed by atoms with Gasteiger partial charge in [-0.3, -0.25) is 4.79 Å². The zero-order valence-electron chi connectivity index (χ0n) is 16.0. The summed E-state index contributed by atoms with van der Waals surface area (Å²) in [6.07, 6.45) is 4.77. The van der Waals surface area contributed by atoms with Crippen LogP contribution in [0.5, 0.6) is 0 Å². The zero-order valence-corrected chi connectivity index (χ0v) is 16.9. The standard InChI is InChI=1S/C19H24N4O5S/c24-18(20-13-15-5-4-12-27-15)19-21-17(22-28-19)14-6-8-16(9-7-14)29(25,26)23-10-2-1-3-11-23/h6-9,15H,1-5,10-13H2,(H,20,24). The Morgan fingerprint density at radius 1 is 1.14 bits per heavy atom. The molecule has 2 aliphatic heterocycles. The van der Waals surface area contributed by atoms with Crippen molar-refractivity contribution in [2.45, 2.75) is 43.1 Å². The Balaban J connectivity index is 1.42. The van der Waals surface area contributed by atoms with Gasteiger partial charge in [-0.15, -0.1) is 0 Å². The number of hydrogen-bond acceptors (Lipinski definition) is 7. The molecule has 2 aliphatic rings. The Hall–Kier alpha value is -2.30. The molecule has 0 bridgehead atoms. The number of aromatic nitrogens is 2. The Bertz CT molecular complexity index is 945. The van der Waals surface area contributed by atoms with Crippen molar-refractivity contribution in [3.63, 3.8) is 0 Å². The van der Waals surface area contributed by atoms with E-state index in [4.69, 9.17) is 9.26 Å². The van der Waals surface area contributed by atoms with E-state index in [-0.39, 0.29) is 22.7 Å². The number of amides is 1. The van der Waals surface area contributed by atoms with Gasteiger partial charge in [-0.2, -0.15) is 9.29 Å². The Kier molecular flexibility index (Phi) is 5.93. The van der Waals surface area contributed by atoms with Crippen molar-refractivity contribution >= 4 is 15.9 Å². The van der Waals surface area contributed by atoms with E-state index in [1.54, 1.807) is 12.1 Å². The Morgan fingerprint density at radius 3 is 2.59 bits per heavy atom. The topological polar surface area (TPSA) is 115 Å². The van der Waals surface area contributed by atoms with Gasteiger partial charge in [-0.25, -0.2) is 8.42 Å². The largest absolute Gasteiger partial charge is 0.376 e. The summed E-state index contributed by atoms with van der Waals surface area (Å²) in [7, 11) is -3.49. The number of benzene rings is 1. The quantitative estimate of drug-likeness (QED) is 0.758. The number of nitrogens with one attached hydrogen (secondary N) is 1. The molecule has 1 aromatic carbocycles. The van der Waals surface area contributed by atoms with E-state index < -0.39 is 15.9 Å². The highest BCUT2D eigenvalue weighted by molar-refractivity contribution is 7.89. The molecular formula is C19H24N4O5S. The van der Waals surface area contributed by atoms with E-state index in [0.717, 1.165) is 32.1 Å². The van der Waals surface area contributed by atoms with Gasteiger partial charge in [0.05, 0.1) is 11.0 Å². The lowest BCUT2D eigenvalue weighted by Gasteiger charge is -2.25. The van der Waals surface area contributed by atoms with E-state index in [1.807, 2.05) is 0 Å². The molecule has 1 N–H and O–H groups in total. The van der Waals surface area contributed by atoms with Crippen LogP contribution in [-0.2, 0) is 14.8 Å². The van der Waals surface area contributed by atoms with Crippen LogP contribution in [0.1, 0.15) is 42.8 Å². The predicted molar refractivity (Wildman–Crippen MR) is 104 cm³/mol. The lowest BCUT2D eigenvalue weighted by Crippen LogP contribution is -2.35. The highest BCUT2D eigenvalue weighted by atomic mass is 32.2. The summed E-state index contributed by atoms with van der Waals surface area (Å²) in [4.78, 5) is 16.5. The maximum Gasteiger partial charge on any atom is 0.316 e. The first-order chi connectivity index (χ1) is 14.0. The molecule has 0 saturated carbocycles. The van der Waals surface area contributed by atoms with Crippen LogP contribution in [0.2, 0.25) is 0 Å². The minimum atomic E-state index is -3.49. The number of nitrogens with zero attached hydrogens (tertiary/aromatic N) is 3. The van der Waals surface area contributed by atoms with Crippen LogP contribution in [-0.4, -0.2) is 61.1 Å². The van der Waals surface area contributed by atoms with E-state index in [2.05, 4.69) is 15.5 Å². The van der Waals surface area contributed by atoms with Gasteiger partial charge in [0, 0.05) is 31.8 Å². The van der Waals surface area contributed by atoms with Gasteiger partial charge in [0.25, 0.3) is 0 Å². The third-order valence-electron chi connectivity index (χ3n) is 5.20. The van der Waals surface area contributed by atoms with Gasteiger partial charge in [-0.1, -0.05) is 11.6 Å². The summed E-state index contributed by atoms with van der Waals surface area (Å²) >= 11 is 0. The normalized spacial score (nSPS) is 20.6. The highest BCUT2D eigenvalue weighted by Gasteiger charge is 2.26. The SMILES string of the molecule is O=C(NCC1CCCO1)c1nc(-c2ccc(S(=O)(=O)N3CCCCC3)cc2)no1. The van der Waals surface area contributed by atoms with E-state index >= 15 is 0 Å². The molecule has 2 aromatic rings. The van der Waals surface area contributed by atoms with Gasteiger partial charge in [0.1, 0.15) is 0 Å². The minimum Gasteiger partial charge on any atom is -0.376 e. The fraction of sp³-hybridized carbons (Fsp3) is 0.526. The monoisotopic (exact) mass is 420 g/mol. The number of hydrogen-bond donors (Lipinski definition) is 1. The average molecular weight is 420 g/mol. The minimum absolute atomic E-state index is 0.0238. The molecule has 2 fully saturated rings. The third kappa shape index (κ3) is 4.49. The van der Waals surface area contributed by atoms with Crippen molar-refractivity contribution < 1.29 is 22.5 Å². The smallest absolute Gasteiger partial charge is 0.316 e. The molecule has 0 radical (unpaired) electrons. The van der Waals surface area contributed by atoms with Crippen LogP contribution in [0.25, 0.3) is 11.4 Å². The van der Waals surface area contributed by atoms with Crippen molar-refractivity contribution in [3.8, 4) is 11.4 Å². The van der Waals surface area contributed by atoms with Crippen LogP contribution in [0, 0.1) is 0 Å². The second-order valence-corrected chi connectivity index (χ2v) is 9.20. The number of sulfonamides is 1. The van der Waals surface area contributed by atoms with E-state index in [1.165, 1.54) is 16.4 Å². The summed E-state index contributed by atoms with van der Waals surface area (Å²) in [6.45, 7) is 2.23. The molecule has 156 valence electrons. The first kappa shape index (κ1) is 20.0. The fourth-order valence-corrected chi connectivity index (χ4v) is 5.07. The molecule has 1 unspecified atom stereocenters. The molecule has 2 saturated heterocycles. The van der Waals surface area contributed by atoms with Crippen molar-refractivity contribution in [2.24, 2.45) is 0 Å². The molecule has 0 aliphatic carbocycles. The molecule has 10 heteroatoms. The molecule has 1 aromatic heterocycles. The Morgan fingerprint density at radius 2 is 1.90 bits per heavy atom. The van der Waals surface area contributed by atoms with E-state index in [0.29, 0.717) is 31.8 Å². The lowest BCUT2D eigenvalue weighted by atomic mass is 10.2. The van der Waals surface area contributed by atoms with E-state index in [9.17, 15) is 13.2 Å². The second kappa shape index (κ2) is 8.60. The highest BCUT2D eigenvalue weighted by Crippen LogP contribution is 2.23. The number of rotatable bonds is 6. The number of ether oxygens (including phenoxy) is 1. The fourth-order valence-electron chi connectivity index (χ4n) is 3.55. The Labute approximate surface area is 169 Å². The number of carbonyl (C=O) groups is 1. The molecular weight excluding hydrogens is 396 g/mol. The predicted octanol–water partition coefficient (Wildman–Crippen LogP) is 1.82. The van der Waals surface area contributed by atoms with Crippen LogP contribution in [0.3, 0.4) is 0 Å². The van der Waals surface area contributed by atoms with Crippen molar-refractivity contribution in [1.82, 2.24) is 19.8 Å². The van der Waals surface area contributed by atoms with Crippen molar-refractivity contribution in [3.05, 3.63) is 30.2 Å². The zero-order chi connectivity index (χ0) is 20.3.